The molecule has 0 saturated heterocycles. The number of nitro groups is 1. The van der Waals surface area contributed by atoms with E-state index in [0.29, 0.717) is 32.6 Å². The zero-order chi connectivity index (χ0) is 23.1. The van der Waals surface area contributed by atoms with Gasteiger partial charge >= 0.3 is 0 Å². The second kappa shape index (κ2) is 8.14. The van der Waals surface area contributed by atoms with Crippen molar-refractivity contribution in [3.8, 4) is 33.5 Å². The summed E-state index contributed by atoms with van der Waals surface area (Å²) in [6.45, 7) is 1.82. The number of nitrogens with one attached hydrogen (secondary N) is 1. The van der Waals surface area contributed by atoms with E-state index < -0.39 is 4.92 Å². The first-order chi connectivity index (χ1) is 16.0. The van der Waals surface area contributed by atoms with Crippen molar-refractivity contribution in [2.75, 3.05) is 0 Å². The van der Waals surface area contributed by atoms with Gasteiger partial charge in [0, 0.05) is 17.3 Å². The number of aryl methyl sites for hydroxylation is 1. The van der Waals surface area contributed by atoms with E-state index in [-0.39, 0.29) is 11.2 Å². The lowest BCUT2D eigenvalue weighted by atomic mass is 10.0. The molecule has 7 nitrogen and oxygen atoms in total. The van der Waals surface area contributed by atoms with Crippen LogP contribution in [0.1, 0.15) is 5.69 Å². The predicted octanol–water partition coefficient (Wildman–Crippen LogP) is 6.00. The van der Waals surface area contributed by atoms with Crippen molar-refractivity contribution in [2.24, 2.45) is 0 Å². The maximum atomic E-state index is 13.6. The van der Waals surface area contributed by atoms with Gasteiger partial charge in [0.05, 0.1) is 20.5 Å². The van der Waals surface area contributed by atoms with Gasteiger partial charge in [-0.15, -0.1) is 0 Å². The summed E-state index contributed by atoms with van der Waals surface area (Å²) in [6.07, 6.45) is 0. The van der Waals surface area contributed by atoms with Gasteiger partial charge in [-0.05, 0) is 46.1 Å². The zero-order valence-corrected chi connectivity index (χ0v) is 19.0. The first-order valence-corrected chi connectivity index (χ1v) is 11.0. The molecule has 0 atom stereocenters. The molecule has 2 heterocycles. The number of benzene rings is 3. The number of fused-ring (bicyclic) bond motifs is 1. The van der Waals surface area contributed by atoms with Gasteiger partial charge in [-0.2, -0.15) is 9.61 Å². The Labute approximate surface area is 196 Å². The lowest BCUT2D eigenvalue weighted by Gasteiger charge is -2.09. The van der Waals surface area contributed by atoms with Crippen LogP contribution in [-0.4, -0.2) is 19.5 Å². The van der Waals surface area contributed by atoms with Gasteiger partial charge in [0.15, 0.2) is 0 Å². The molecule has 0 bridgehead atoms. The summed E-state index contributed by atoms with van der Waals surface area (Å²) in [5.41, 5.74) is 5.18. The third-order valence-corrected chi connectivity index (χ3v) is 6.15. The molecule has 0 amide bonds. The molecule has 5 aromatic rings. The Kier molecular flexibility index (Phi) is 5.14. The number of aromatic amines is 1. The standard InChI is InChI=1S/C25H17BrN4O3/c1-15-21(18-12-13-20(30(32)33)19(26)14-18)25(31)29-24(27-15)22(16-8-4-2-5-9-16)23(28-29)17-10-6-3-7-11-17/h2-14,27H,1H3. The van der Waals surface area contributed by atoms with Crippen LogP contribution in [0.25, 0.3) is 39.2 Å². The number of nitrogens with zero attached hydrogens (tertiary/aromatic N) is 3. The fourth-order valence-corrected chi connectivity index (χ4v) is 4.54. The second-order valence-corrected chi connectivity index (χ2v) is 8.42. The Hall–Kier alpha value is -4.04. The monoisotopic (exact) mass is 500 g/mol. The Bertz CT molecular complexity index is 1570. The molecular weight excluding hydrogens is 484 g/mol. The molecule has 1 N–H and O–H groups in total. The first kappa shape index (κ1) is 20.8. The van der Waals surface area contributed by atoms with Crippen molar-refractivity contribution in [1.82, 2.24) is 14.6 Å². The topological polar surface area (TPSA) is 93.3 Å². The number of hydrogen-bond donors (Lipinski definition) is 1. The molecule has 0 unspecified atom stereocenters. The number of hydrogen-bond acceptors (Lipinski definition) is 4. The minimum atomic E-state index is -0.472. The van der Waals surface area contributed by atoms with Crippen molar-refractivity contribution in [3.63, 3.8) is 0 Å². The van der Waals surface area contributed by atoms with Gasteiger partial charge in [-0.25, -0.2) is 0 Å². The van der Waals surface area contributed by atoms with Crippen LogP contribution in [0, 0.1) is 17.0 Å². The molecular formula is C25H17BrN4O3. The van der Waals surface area contributed by atoms with Crippen LogP contribution in [0.4, 0.5) is 5.69 Å². The fraction of sp³-hybridized carbons (Fsp3) is 0.0400. The van der Waals surface area contributed by atoms with Crippen molar-refractivity contribution < 1.29 is 4.92 Å². The van der Waals surface area contributed by atoms with Crippen LogP contribution in [0.15, 0.2) is 88.1 Å². The molecule has 2 aromatic heterocycles. The molecule has 3 aromatic carbocycles. The third-order valence-electron chi connectivity index (χ3n) is 5.52. The summed E-state index contributed by atoms with van der Waals surface area (Å²) >= 11 is 3.24. The molecule has 0 radical (unpaired) electrons. The fourth-order valence-electron chi connectivity index (χ4n) is 4.01. The first-order valence-electron chi connectivity index (χ1n) is 10.2. The molecule has 33 heavy (non-hydrogen) atoms. The molecule has 8 heteroatoms. The van der Waals surface area contributed by atoms with Gasteiger partial charge in [-0.1, -0.05) is 60.7 Å². The quantitative estimate of drug-likeness (QED) is 0.241. The Balaban J connectivity index is 1.81. The van der Waals surface area contributed by atoms with Crippen LogP contribution in [0.3, 0.4) is 0 Å². The average molecular weight is 501 g/mol. The molecule has 0 aliphatic rings. The van der Waals surface area contributed by atoms with Crippen LogP contribution in [0.2, 0.25) is 0 Å². The lowest BCUT2D eigenvalue weighted by Crippen LogP contribution is -2.19. The number of halogens is 1. The van der Waals surface area contributed by atoms with E-state index in [1.165, 1.54) is 10.6 Å². The molecule has 0 fully saturated rings. The minimum Gasteiger partial charge on any atom is -0.343 e. The van der Waals surface area contributed by atoms with E-state index in [9.17, 15) is 14.9 Å². The van der Waals surface area contributed by atoms with Gasteiger partial charge in [0.1, 0.15) is 11.3 Å². The molecule has 5 rings (SSSR count). The Morgan fingerprint density at radius 2 is 1.55 bits per heavy atom. The summed E-state index contributed by atoms with van der Waals surface area (Å²) in [7, 11) is 0. The van der Waals surface area contributed by atoms with E-state index in [0.717, 1.165) is 16.7 Å². The van der Waals surface area contributed by atoms with Gasteiger partial charge in [-0.3, -0.25) is 14.9 Å². The van der Waals surface area contributed by atoms with E-state index in [2.05, 4.69) is 20.9 Å². The van der Waals surface area contributed by atoms with Crippen LogP contribution in [-0.2, 0) is 0 Å². The highest BCUT2D eigenvalue weighted by Gasteiger charge is 2.22. The van der Waals surface area contributed by atoms with E-state index in [1.54, 1.807) is 12.1 Å². The number of rotatable bonds is 4. The van der Waals surface area contributed by atoms with Crippen molar-refractivity contribution in [1.29, 1.82) is 0 Å². The molecule has 0 aliphatic carbocycles. The summed E-state index contributed by atoms with van der Waals surface area (Å²) in [4.78, 5) is 27.7. The second-order valence-electron chi connectivity index (χ2n) is 7.57. The van der Waals surface area contributed by atoms with Gasteiger partial charge in [0.25, 0.3) is 11.2 Å². The molecule has 0 spiro atoms. The predicted molar refractivity (Wildman–Crippen MR) is 131 cm³/mol. The highest BCUT2D eigenvalue weighted by atomic mass is 79.9. The molecule has 0 saturated carbocycles. The van der Waals surface area contributed by atoms with Crippen molar-refractivity contribution in [3.05, 3.63) is 109 Å². The average Bonchev–Trinajstić information content (AvgIpc) is 3.19. The number of aromatic nitrogens is 3. The van der Waals surface area contributed by atoms with Crippen LogP contribution in [0.5, 0.6) is 0 Å². The summed E-state index contributed by atoms with van der Waals surface area (Å²) < 4.78 is 1.68. The van der Waals surface area contributed by atoms with Gasteiger partial charge < -0.3 is 4.98 Å². The number of H-pyrrole nitrogens is 1. The highest BCUT2D eigenvalue weighted by molar-refractivity contribution is 9.10. The van der Waals surface area contributed by atoms with E-state index in [4.69, 9.17) is 5.10 Å². The number of nitro benzene ring substituents is 1. The summed E-state index contributed by atoms with van der Waals surface area (Å²) in [5, 5.41) is 15.9. The van der Waals surface area contributed by atoms with Crippen molar-refractivity contribution >= 4 is 27.3 Å². The smallest absolute Gasteiger partial charge is 0.283 e. The molecule has 0 aliphatic heterocycles. The van der Waals surface area contributed by atoms with E-state index in [1.807, 2.05) is 67.6 Å². The highest BCUT2D eigenvalue weighted by Crippen LogP contribution is 2.35. The van der Waals surface area contributed by atoms with Crippen molar-refractivity contribution in [2.45, 2.75) is 6.92 Å². The maximum Gasteiger partial charge on any atom is 0.283 e. The van der Waals surface area contributed by atoms with Crippen LogP contribution < -0.4 is 5.56 Å². The Morgan fingerprint density at radius 3 is 2.15 bits per heavy atom. The van der Waals surface area contributed by atoms with Crippen LogP contribution >= 0.6 is 15.9 Å². The third kappa shape index (κ3) is 3.54. The summed E-state index contributed by atoms with van der Waals surface area (Å²) in [5.74, 6) is 0. The summed E-state index contributed by atoms with van der Waals surface area (Å²) in [6, 6.07) is 24.1. The maximum absolute atomic E-state index is 13.6. The molecule has 162 valence electrons. The SMILES string of the molecule is Cc1[nH]c2c(-c3ccccc3)c(-c3ccccc3)nn2c(=O)c1-c1ccc([N+](=O)[O-])c(Br)c1. The Morgan fingerprint density at radius 1 is 0.909 bits per heavy atom. The van der Waals surface area contributed by atoms with E-state index >= 15 is 0 Å². The minimum absolute atomic E-state index is 0.0641. The normalized spacial score (nSPS) is 11.1. The lowest BCUT2D eigenvalue weighted by molar-refractivity contribution is -0.385. The zero-order valence-electron chi connectivity index (χ0n) is 17.4. The van der Waals surface area contributed by atoms with Gasteiger partial charge in [0.2, 0.25) is 0 Å². The largest absolute Gasteiger partial charge is 0.343 e.